The average molecular weight is 238 g/mol. The molecule has 5 nitrogen and oxygen atoms in total. The van der Waals surface area contributed by atoms with Crippen LogP contribution in [0.3, 0.4) is 0 Å². The van der Waals surface area contributed by atoms with Crippen LogP contribution in [0.25, 0.3) is 0 Å². The molecule has 1 rings (SSSR count). The third-order valence-electron chi connectivity index (χ3n) is 2.61. The largest absolute Gasteiger partial charge is 0.469 e. The summed E-state index contributed by atoms with van der Waals surface area (Å²) in [5.74, 6) is 0.647. The van der Waals surface area contributed by atoms with E-state index in [0.717, 1.165) is 12.4 Å². The van der Waals surface area contributed by atoms with Crippen molar-refractivity contribution >= 4 is 11.8 Å². The van der Waals surface area contributed by atoms with Crippen LogP contribution < -0.4 is 0 Å². The summed E-state index contributed by atoms with van der Waals surface area (Å²) in [5.41, 5.74) is 0. The lowest BCUT2D eigenvalue weighted by Crippen LogP contribution is -2.08. The molecule has 0 N–H and O–H groups in total. The minimum atomic E-state index is -0.339. The maximum atomic E-state index is 11.5. The van der Waals surface area contributed by atoms with Gasteiger partial charge in [-0.25, -0.2) is 4.98 Å². The molecule has 0 radical (unpaired) electrons. The van der Waals surface area contributed by atoms with E-state index in [-0.39, 0.29) is 24.6 Å². The number of Topliss-reactive ketones (excluding diaryl/α,β-unsaturated/α-hetero) is 1. The lowest BCUT2D eigenvalue weighted by Gasteiger charge is -2.04. The van der Waals surface area contributed by atoms with Crippen molar-refractivity contribution in [3.63, 3.8) is 0 Å². The van der Waals surface area contributed by atoms with E-state index >= 15 is 0 Å². The van der Waals surface area contributed by atoms with Crippen LogP contribution >= 0.6 is 0 Å². The number of ether oxygens (including phenoxy) is 1. The van der Waals surface area contributed by atoms with E-state index < -0.39 is 0 Å². The quantitative estimate of drug-likeness (QED) is 0.673. The highest BCUT2D eigenvalue weighted by Crippen LogP contribution is 2.04. The Bertz CT molecular complexity index is 385. The molecule has 0 saturated carbocycles. The fraction of sp³-hybridized carbons (Fsp3) is 0.583. The van der Waals surface area contributed by atoms with E-state index in [2.05, 4.69) is 9.72 Å². The van der Waals surface area contributed by atoms with Crippen molar-refractivity contribution in [2.75, 3.05) is 7.11 Å². The summed E-state index contributed by atoms with van der Waals surface area (Å²) in [7, 11) is 1.32. The summed E-state index contributed by atoms with van der Waals surface area (Å²) < 4.78 is 6.49. The maximum absolute atomic E-state index is 11.5. The van der Waals surface area contributed by atoms with Crippen LogP contribution in [0.1, 0.15) is 32.0 Å². The lowest BCUT2D eigenvalue weighted by molar-refractivity contribution is -0.141. The first-order valence-corrected chi connectivity index (χ1v) is 5.76. The number of hydrogen-bond donors (Lipinski definition) is 0. The molecule has 1 aromatic heterocycles. The van der Waals surface area contributed by atoms with Crippen molar-refractivity contribution in [1.82, 2.24) is 9.55 Å². The van der Waals surface area contributed by atoms with Crippen molar-refractivity contribution in [3.05, 3.63) is 18.2 Å². The Kier molecular flexibility index (Phi) is 5.39. The number of carbonyl (C=O) groups is 2. The summed E-state index contributed by atoms with van der Waals surface area (Å²) in [4.78, 5) is 26.6. The number of rotatable bonds is 7. The minimum Gasteiger partial charge on any atom is -0.469 e. The van der Waals surface area contributed by atoms with E-state index in [1.807, 2.05) is 17.7 Å². The van der Waals surface area contributed by atoms with Crippen molar-refractivity contribution < 1.29 is 14.3 Å². The van der Waals surface area contributed by atoms with Gasteiger partial charge in [0.25, 0.3) is 0 Å². The van der Waals surface area contributed by atoms with Gasteiger partial charge in [0.15, 0.2) is 0 Å². The number of carbonyl (C=O) groups excluding carboxylic acids is 2. The molecule has 0 aromatic carbocycles. The molecule has 17 heavy (non-hydrogen) atoms. The molecule has 0 aliphatic carbocycles. The van der Waals surface area contributed by atoms with Gasteiger partial charge in [0.05, 0.1) is 13.5 Å². The third-order valence-corrected chi connectivity index (χ3v) is 2.61. The molecular formula is C12H18N2O3. The van der Waals surface area contributed by atoms with Gasteiger partial charge in [-0.3, -0.25) is 9.59 Å². The van der Waals surface area contributed by atoms with Gasteiger partial charge >= 0.3 is 5.97 Å². The predicted octanol–water partition coefficient (Wildman–Crippen LogP) is 1.36. The Morgan fingerprint density at radius 3 is 2.76 bits per heavy atom. The van der Waals surface area contributed by atoms with E-state index in [4.69, 9.17) is 0 Å². The zero-order valence-corrected chi connectivity index (χ0v) is 10.3. The molecule has 1 aromatic rings. The second kappa shape index (κ2) is 6.83. The van der Waals surface area contributed by atoms with E-state index in [1.165, 1.54) is 7.11 Å². The Labute approximate surface area is 101 Å². The normalized spacial score (nSPS) is 10.2. The first kappa shape index (κ1) is 13.4. The second-order valence-electron chi connectivity index (χ2n) is 3.74. The van der Waals surface area contributed by atoms with Gasteiger partial charge in [-0.1, -0.05) is 0 Å². The van der Waals surface area contributed by atoms with Crippen LogP contribution in [0, 0.1) is 0 Å². The molecule has 0 spiro atoms. The van der Waals surface area contributed by atoms with Gasteiger partial charge in [0, 0.05) is 38.2 Å². The molecule has 0 bridgehead atoms. The molecule has 0 aliphatic rings. The number of nitrogens with zero attached hydrogens (tertiary/aromatic N) is 2. The zero-order chi connectivity index (χ0) is 12.7. The predicted molar refractivity (Wildman–Crippen MR) is 62.5 cm³/mol. The molecule has 0 atom stereocenters. The second-order valence-corrected chi connectivity index (χ2v) is 3.74. The number of imidazole rings is 1. The smallest absolute Gasteiger partial charge is 0.305 e. The van der Waals surface area contributed by atoms with Gasteiger partial charge in [0.2, 0.25) is 0 Å². The van der Waals surface area contributed by atoms with Crippen LogP contribution in [0.15, 0.2) is 12.4 Å². The van der Waals surface area contributed by atoms with Gasteiger partial charge < -0.3 is 9.30 Å². The van der Waals surface area contributed by atoms with Gasteiger partial charge in [-0.2, -0.15) is 0 Å². The first-order chi connectivity index (χ1) is 8.17. The minimum absolute atomic E-state index is 0.0704. The van der Waals surface area contributed by atoms with Crippen LogP contribution in [-0.2, 0) is 27.3 Å². The van der Waals surface area contributed by atoms with E-state index in [0.29, 0.717) is 12.8 Å². The average Bonchev–Trinajstić information content (AvgIpc) is 2.80. The summed E-state index contributed by atoms with van der Waals surface area (Å²) >= 11 is 0. The topological polar surface area (TPSA) is 61.2 Å². The molecule has 0 saturated heterocycles. The first-order valence-electron chi connectivity index (χ1n) is 5.76. The summed E-state index contributed by atoms with van der Waals surface area (Å²) in [6, 6.07) is 0. The number of aromatic nitrogens is 2. The molecule has 0 amide bonds. The van der Waals surface area contributed by atoms with Crippen molar-refractivity contribution in [2.45, 2.75) is 39.2 Å². The molecule has 0 unspecified atom stereocenters. The molecule has 0 fully saturated rings. The fourth-order valence-corrected chi connectivity index (χ4v) is 1.58. The molecule has 5 heteroatoms. The Hall–Kier alpha value is -1.65. The van der Waals surface area contributed by atoms with Crippen LogP contribution in [0.5, 0.6) is 0 Å². The summed E-state index contributed by atoms with van der Waals surface area (Å²) in [5, 5.41) is 0. The Balaban J connectivity index is 2.31. The Morgan fingerprint density at radius 1 is 1.35 bits per heavy atom. The van der Waals surface area contributed by atoms with E-state index in [9.17, 15) is 9.59 Å². The fourth-order valence-electron chi connectivity index (χ4n) is 1.58. The lowest BCUT2D eigenvalue weighted by atomic mass is 10.1. The molecule has 1 heterocycles. The number of methoxy groups -OCH3 is 1. The monoisotopic (exact) mass is 238 g/mol. The van der Waals surface area contributed by atoms with Crippen molar-refractivity contribution in [2.24, 2.45) is 0 Å². The molecule has 0 aliphatic heterocycles. The highest BCUT2D eigenvalue weighted by atomic mass is 16.5. The SMILES string of the molecule is CCn1ccnc1CCC(=O)CCC(=O)OC. The highest BCUT2D eigenvalue weighted by Gasteiger charge is 2.09. The number of ketones is 1. The maximum Gasteiger partial charge on any atom is 0.305 e. The number of hydrogen-bond acceptors (Lipinski definition) is 4. The van der Waals surface area contributed by atoms with Gasteiger partial charge in [-0.15, -0.1) is 0 Å². The van der Waals surface area contributed by atoms with E-state index in [1.54, 1.807) is 6.20 Å². The summed E-state index contributed by atoms with van der Waals surface area (Å²) in [6.45, 7) is 2.88. The van der Waals surface area contributed by atoms with Gasteiger partial charge in [0.1, 0.15) is 11.6 Å². The van der Waals surface area contributed by atoms with Crippen molar-refractivity contribution in [1.29, 1.82) is 0 Å². The zero-order valence-electron chi connectivity index (χ0n) is 10.3. The standard InChI is InChI=1S/C12H18N2O3/c1-3-14-9-8-13-11(14)6-4-10(15)5-7-12(16)17-2/h8-9H,3-7H2,1-2H3. The van der Waals surface area contributed by atoms with Crippen molar-refractivity contribution in [3.8, 4) is 0 Å². The third kappa shape index (κ3) is 4.38. The van der Waals surface area contributed by atoms with Crippen LogP contribution in [0.2, 0.25) is 0 Å². The van der Waals surface area contributed by atoms with Gasteiger partial charge in [-0.05, 0) is 6.92 Å². The number of aryl methyl sites for hydroxylation is 2. The molecular weight excluding hydrogens is 220 g/mol. The number of esters is 1. The highest BCUT2D eigenvalue weighted by molar-refractivity contribution is 5.82. The van der Waals surface area contributed by atoms with Crippen LogP contribution in [0.4, 0.5) is 0 Å². The van der Waals surface area contributed by atoms with Crippen LogP contribution in [-0.4, -0.2) is 28.4 Å². The summed E-state index contributed by atoms with van der Waals surface area (Å²) in [6.07, 6.45) is 5.10. The Morgan fingerprint density at radius 2 is 2.12 bits per heavy atom. The molecule has 94 valence electrons.